The zero-order valence-electron chi connectivity index (χ0n) is 13.2. The van der Waals surface area contributed by atoms with E-state index in [4.69, 9.17) is 0 Å². The summed E-state index contributed by atoms with van der Waals surface area (Å²) >= 11 is 5.33. The van der Waals surface area contributed by atoms with Crippen LogP contribution in [0.25, 0.3) is 0 Å². The van der Waals surface area contributed by atoms with Crippen LogP contribution in [0.2, 0.25) is 0 Å². The Morgan fingerprint density at radius 2 is 2.30 bits per heavy atom. The second-order valence-corrected chi connectivity index (χ2v) is 8.28. The van der Waals surface area contributed by atoms with Crippen LogP contribution in [0.1, 0.15) is 30.6 Å². The molecule has 130 valence electrons. The van der Waals surface area contributed by atoms with E-state index < -0.39 is 0 Å². The molecule has 7 heteroatoms. The fraction of sp³-hybridized carbons (Fsp3) is 0.688. The lowest BCUT2D eigenvalue weighted by atomic mass is 9.97. The largest absolute Gasteiger partial charge is 0.354 e. The maximum absolute atomic E-state index is 12.1. The van der Waals surface area contributed by atoms with Crippen LogP contribution in [-0.2, 0) is 11.3 Å². The molecule has 2 unspecified atom stereocenters. The Balaban J connectivity index is 0.00000192. The molecule has 1 aromatic rings. The van der Waals surface area contributed by atoms with E-state index in [1.54, 1.807) is 0 Å². The van der Waals surface area contributed by atoms with Crippen molar-refractivity contribution in [2.75, 3.05) is 26.2 Å². The minimum Gasteiger partial charge on any atom is -0.354 e. The van der Waals surface area contributed by atoms with E-state index in [-0.39, 0.29) is 24.4 Å². The maximum Gasteiger partial charge on any atom is 0.237 e. The number of carbonyl (C=O) groups is 1. The fourth-order valence-corrected chi connectivity index (χ4v) is 4.89. The van der Waals surface area contributed by atoms with Gasteiger partial charge in [-0.15, -0.1) is 23.7 Å². The summed E-state index contributed by atoms with van der Waals surface area (Å²) in [5.74, 6) is 0.777. The van der Waals surface area contributed by atoms with Gasteiger partial charge in [0.2, 0.25) is 5.91 Å². The van der Waals surface area contributed by atoms with Gasteiger partial charge >= 0.3 is 0 Å². The molecule has 4 nitrogen and oxygen atoms in total. The van der Waals surface area contributed by atoms with Crippen LogP contribution in [0.3, 0.4) is 0 Å². The van der Waals surface area contributed by atoms with Crippen molar-refractivity contribution in [3.8, 4) is 0 Å². The molecule has 2 aliphatic rings. The normalized spacial score (nSPS) is 25.1. The van der Waals surface area contributed by atoms with E-state index in [1.807, 2.05) is 11.3 Å². The highest BCUT2D eigenvalue weighted by Crippen LogP contribution is 2.24. The summed E-state index contributed by atoms with van der Waals surface area (Å²) in [6.07, 6.45) is 4.55. The number of nitrogens with zero attached hydrogens (tertiary/aromatic N) is 1. The van der Waals surface area contributed by atoms with Crippen molar-refractivity contribution in [1.29, 1.82) is 0 Å². The standard InChI is InChI=1S/C16H24BrN3OS.ClH/c17-13-7-14(22-11-13)10-20-6-2-3-12(9-20)8-19-16(21)15-4-1-5-18-15;/h7,11-12,15,18H,1-6,8-10H2,(H,19,21);1H. The summed E-state index contributed by atoms with van der Waals surface area (Å²) in [6.45, 7) is 5.09. The minimum absolute atomic E-state index is 0. The summed E-state index contributed by atoms with van der Waals surface area (Å²) in [7, 11) is 0. The molecule has 3 rings (SSSR count). The third-order valence-electron chi connectivity index (χ3n) is 4.55. The molecule has 0 aliphatic carbocycles. The predicted octanol–water partition coefficient (Wildman–Crippen LogP) is 3.01. The van der Waals surface area contributed by atoms with Gasteiger partial charge in [0.25, 0.3) is 0 Å². The third kappa shape index (κ3) is 5.71. The van der Waals surface area contributed by atoms with Crippen molar-refractivity contribution in [1.82, 2.24) is 15.5 Å². The Morgan fingerprint density at radius 1 is 1.43 bits per heavy atom. The lowest BCUT2D eigenvalue weighted by Gasteiger charge is -2.32. The van der Waals surface area contributed by atoms with Crippen molar-refractivity contribution >= 4 is 45.6 Å². The van der Waals surface area contributed by atoms with Crippen molar-refractivity contribution in [3.05, 3.63) is 20.8 Å². The molecule has 0 saturated carbocycles. The van der Waals surface area contributed by atoms with Gasteiger partial charge in [0.1, 0.15) is 0 Å². The molecule has 2 N–H and O–H groups in total. The van der Waals surface area contributed by atoms with Gasteiger partial charge in [-0.1, -0.05) is 0 Å². The van der Waals surface area contributed by atoms with Gasteiger partial charge in [-0.2, -0.15) is 0 Å². The van der Waals surface area contributed by atoms with E-state index >= 15 is 0 Å². The first-order valence-electron chi connectivity index (χ1n) is 8.17. The second-order valence-electron chi connectivity index (χ2n) is 6.37. The highest BCUT2D eigenvalue weighted by Gasteiger charge is 2.24. The van der Waals surface area contributed by atoms with Gasteiger partial charge in [-0.3, -0.25) is 9.69 Å². The monoisotopic (exact) mass is 421 g/mol. The minimum atomic E-state index is 0. The Kier molecular flexibility index (Phi) is 7.82. The summed E-state index contributed by atoms with van der Waals surface area (Å²) in [5.41, 5.74) is 0. The van der Waals surface area contributed by atoms with Crippen LogP contribution in [-0.4, -0.2) is 43.0 Å². The molecular weight excluding hydrogens is 398 g/mol. The van der Waals surface area contributed by atoms with Crippen molar-refractivity contribution in [2.24, 2.45) is 5.92 Å². The quantitative estimate of drug-likeness (QED) is 0.766. The second kappa shape index (κ2) is 9.37. The molecule has 2 aliphatic heterocycles. The zero-order valence-corrected chi connectivity index (χ0v) is 16.4. The lowest BCUT2D eigenvalue weighted by Crippen LogP contribution is -2.45. The molecule has 0 bridgehead atoms. The van der Waals surface area contributed by atoms with E-state index in [9.17, 15) is 4.79 Å². The van der Waals surface area contributed by atoms with E-state index in [0.717, 1.165) is 39.0 Å². The maximum atomic E-state index is 12.1. The molecule has 0 radical (unpaired) electrons. The first-order chi connectivity index (χ1) is 10.7. The number of piperidine rings is 1. The highest BCUT2D eigenvalue weighted by molar-refractivity contribution is 9.10. The van der Waals surface area contributed by atoms with Gasteiger partial charge in [-0.05, 0) is 66.7 Å². The van der Waals surface area contributed by atoms with E-state index in [1.165, 1.54) is 28.7 Å². The van der Waals surface area contributed by atoms with E-state index in [0.29, 0.717) is 5.92 Å². The summed E-state index contributed by atoms with van der Waals surface area (Å²) in [6, 6.07) is 2.25. The predicted molar refractivity (Wildman–Crippen MR) is 101 cm³/mol. The molecule has 1 aromatic heterocycles. The Hall–Kier alpha value is -0.140. The lowest BCUT2D eigenvalue weighted by molar-refractivity contribution is -0.123. The topological polar surface area (TPSA) is 44.4 Å². The number of thiophene rings is 1. The van der Waals surface area contributed by atoms with Gasteiger partial charge in [-0.25, -0.2) is 0 Å². The van der Waals surface area contributed by atoms with Crippen LogP contribution in [0.5, 0.6) is 0 Å². The fourth-order valence-electron chi connectivity index (χ4n) is 3.40. The smallest absolute Gasteiger partial charge is 0.237 e. The number of hydrogen-bond acceptors (Lipinski definition) is 4. The van der Waals surface area contributed by atoms with Crippen LogP contribution >= 0.6 is 39.7 Å². The zero-order chi connectivity index (χ0) is 15.4. The summed E-state index contributed by atoms with van der Waals surface area (Å²) in [5, 5.41) is 8.56. The van der Waals surface area contributed by atoms with Gasteiger partial charge in [0, 0.05) is 34.4 Å². The van der Waals surface area contributed by atoms with Crippen molar-refractivity contribution < 1.29 is 4.79 Å². The number of hydrogen-bond donors (Lipinski definition) is 2. The van der Waals surface area contributed by atoms with Gasteiger partial charge in [0.15, 0.2) is 0 Å². The number of rotatable bonds is 5. The number of halogens is 2. The number of amides is 1. The molecule has 3 heterocycles. The number of nitrogens with one attached hydrogen (secondary N) is 2. The third-order valence-corrected chi connectivity index (χ3v) is 6.23. The Labute approximate surface area is 156 Å². The molecule has 0 aromatic carbocycles. The molecule has 2 atom stereocenters. The van der Waals surface area contributed by atoms with Crippen LogP contribution in [0, 0.1) is 5.92 Å². The Morgan fingerprint density at radius 3 is 3.00 bits per heavy atom. The van der Waals surface area contributed by atoms with Crippen LogP contribution < -0.4 is 10.6 Å². The average Bonchev–Trinajstić information content (AvgIpc) is 3.17. The molecule has 23 heavy (non-hydrogen) atoms. The molecule has 0 spiro atoms. The van der Waals surface area contributed by atoms with Crippen molar-refractivity contribution in [3.63, 3.8) is 0 Å². The Bertz CT molecular complexity index is 507. The molecule has 2 saturated heterocycles. The molecule has 1 amide bonds. The number of carbonyl (C=O) groups excluding carboxylic acids is 1. The van der Waals surface area contributed by atoms with Crippen molar-refractivity contribution in [2.45, 2.75) is 38.3 Å². The van der Waals surface area contributed by atoms with Crippen LogP contribution in [0.15, 0.2) is 15.9 Å². The SMILES string of the molecule is Cl.O=C(NCC1CCCN(Cc2cc(Br)cs2)C1)C1CCCN1. The molecule has 2 fully saturated rings. The number of likely N-dealkylation sites (tertiary alicyclic amines) is 1. The van der Waals surface area contributed by atoms with Gasteiger partial charge in [0.05, 0.1) is 6.04 Å². The first kappa shape index (κ1) is 19.2. The summed E-state index contributed by atoms with van der Waals surface area (Å²) in [4.78, 5) is 16.0. The average molecular weight is 423 g/mol. The van der Waals surface area contributed by atoms with E-state index in [2.05, 4.69) is 42.9 Å². The molecular formula is C16H25BrClN3OS. The first-order valence-corrected chi connectivity index (χ1v) is 9.84. The van der Waals surface area contributed by atoms with Gasteiger partial charge < -0.3 is 10.6 Å². The highest BCUT2D eigenvalue weighted by atomic mass is 79.9. The summed E-state index contributed by atoms with van der Waals surface area (Å²) < 4.78 is 1.18. The van der Waals surface area contributed by atoms with Crippen LogP contribution in [0.4, 0.5) is 0 Å².